The van der Waals surface area contributed by atoms with Crippen LogP contribution in [0.3, 0.4) is 0 Å². The smallest absolute Gasteiger partial charge is 0.209 e. The van der Waals surface area contributed by atoms with E-state index >= 15 is 0 Å². The average Bonchev–Trinajstić information content (AvgIpc) is 2.46. The molecule has 0 unspecified atom stereocenters. The fourth-order valence-electron chi connectivity index (χ4n) is 1.54. The predicted octanol–water partition coefficient (Wildman–Crippen LogP) is 3.66. The van der Waals surface area contributed by atoms with Gasteiger partial charge in [0, 0.05) is 31.1 Å². The predicted molar refractivity (Wildman–Crippen MR) is 88.3 cm³/mol. The van der Waals surface area contributed by atoms with Gasteiger partial charge in [-0.1, -0.05) is 35.5 Å². The van der Waals surface area contributed by atoms with Crippen LogP contribution in [0, 0.1) is 6.92 Å². The molecule has 1 aromatic heterocycles. The molecule has 0 aliphatic rings. The van der Waals surface area contributed by atoms with Crippen LogP contribution in [0.15, 0.2) is 35.6 Å². The molecule has 110 valence electrons. The van der Waals surface area contributed by atoms with Crippen molar-refractivity contribution in [2.24, 2.45) is 0 Å². The lowest BCUT2D eigenvalue weighted by molar-refractivity contribution is 0.567. The van der Waals surface area contributed by atoms with Crippen molar-refractivity contribution in [3.63, 3.8) is 0 Å². The quantitative estimate of drug-likeness (QED) is 0.786. The number of nitrogens with zero attached hydrogens (tertiary/aromatic N) is 4. The molecule has 0 spiro atoms. The van der Waals surface area contributed by atoms with E-state index in [2.05, 4.69) is 15.2 Å². The van der Waals surface area contributed by atoms with E-state index in [4.69, 9.17) is 11.6 Å². The maximum absolute atomic E-state index is 5.87. The molecule has 0 bridgehead atoms. The maximum Gasteiger partial charge on any atom is 0.209 e. The van der Waals surface area contributed by atoms with E-state index in [9.17, 15) is 0 Å². The number of hydrogen-bond acceptors (Lipinski definition) is 5. The topological polar surface area (TPSA) is 41.9 Å². The summed E-state index contributed by atoms with van der Waals surface area (Å²) in [4.78, 5) is 6.49. The molecule has 0 amide bonds. The van der Waals surface area contributed by atoms with Gasteiger partial charge in [0.05, 0.1) is 11.4 Å². The lowest BCUT2D eigenvalue weighted by Crippen LogP contribution is -2.02. The summed E-state index contributed by atoms with van der Waals surface area (Å²) in [5, 5.41) is 9.70. The second-order valence-corrected chi connectivity index (χ2v) is 6.14. The Bertz CT molecular complexity index is 626. The largest absolute Gasteiger partial charge is 0.383 e. The number of aromatic nitrogens is 3. The molecular weight excluding hydrogens is 304 g/mol. The zero-order valence-electron chi connectivity index (χ0n) is 12.2. The lowest BCUT2D eigenvalue weighted by atomic mass is 10.2. The third-order valence-corrected chi connectivity index (χ3v) is 3.84. The summed E-state index contributed by atoms with van der Waals surface area (Å²) in [6.45, 7) is 1.91. The molecule has 4 nitrogen and oxygen atoms in total. The van der Waals surface area contributed by atoms with Crippen LogP contribution in [0.5, 0.6) is 0 Å². The normalized spacial score (nSPS) is 11.0. The van der Waals surface area contributed by atoms with Crippen molar-refractivity contribution in [3.05, 3.63) is 52.4 Å². The van der Waals surface area contributed by atoms with Gasteiger partial charge >= 0.3 is 0 Å². The van der Waals surface area contributed by atoms with Crippen LogP contribution in [0.2, 0.25) is 5.02 Å². The Labute approximate surface area is 134 Å². The van der Waals surface area contributed by atoms with E-state index in [0.29, 0.717) is 5.16 Å². The molecule has 0 aliphatic carbocycles. The van der Waals surface area contributed by atoms with Crippen molar-refractivity contribution >= 4 is 29.4 Å². The van der Waals surface area contributed by atoms with Crippen molar-refractivity contribution in [3.8, 4) is 0 Å². The highest BCUT2D eigenvalue weighted by Crippen LogP contribution is 2.20. The van der Waals surface area contributed by atoms with E-state index in [1.54, 1.807) is 11.8 Å². The first kappa shape index (κ1) is 15.8. The molecule has 0 saturated carbocycles. The van der Waals surface area contributed by atoms with Crippen LogP contribution in [0.1, 0.15) is 17.0 Å². The second-order valence-electron chi connectivity index (χ2n) is 4.76. The van der Waals surface area contributed by atoms with Crippen LogP contribution in [0.25, 0.3) is 6.08 Å². The van der Waals surface area contributed by atoms with E-state index in [1.807, 2.05) is 62.5 Å². The molecule has 0 atom stereocenters. The van der Waals surface area contributed by atoms with Gasteiger partial charge in [-0.2, -0.15) is 5.10 Å². The third kappa shape index (κ3) is 5.02. The van der Waals surface area contributed by atoms with E-state index in [0.717, 1.165) is 22.2 Å². The number of thioether (sulfide) groups is 1. The zero-order chi connectivity index (χ0) is 15.2. The molecule has 1 heterocycles. The average molecular weight is 321 g/mol. The minimum Gasteiger partial charge on any atom is -0.383 e. The fraction of sp³-hybridized carbons (Fsp3) is 0.267. The Balaban J connectivity index is 2.06. The Morgan fingerprint density at radius 2 is 1.90 bits per heavy atom. The third-order valence-electron chi connectivity index (χ3n) is 2.68. The standard InChI is InChI=1S/C15H17ClN4S/c1-11-14(8-9-20(2)3)17-15(19-18-11)21-10-12-4-6-13(16)7-5-12/h4-9H,10H2,1-3H3/b9-8+. The minimum absolute atomic E-state index is 0.675. The molecule has 0 N–H and O–H groups in total. The first-order valence-corrected chi connectivity index (χ1v) is 7.84. The first-order chi connectivity index (χ1) is 10.0. The molecule has 0 aliphatic heterocycles. The Morgan fingerprint density at radius 1 is 1.19 bits per heavy atom. The highest BCUT2D eigenvalue weighted by Gasteiger charge is 2.04. The van der Waals surface area contributed by atoms with E-state index in [1.165, 1.54) is 5.56 Å². The van der Waals surface area contributed by atoms with Gasteiger partial charge in [0.1, 0.15) is 0 Å². The number of benzene rings is 1. The summed E-state index contributed by atoms with van der Waals surface area (Å²) in [7, 11) is 3.94. The number of halogens is 1. The number of aryl methyl sites for hydroxylation is 1. The summed E-state index contributed by atoms with van der Waals surface area (Å²) in [5.74, 6) is 0.790. The fourth-order valence-corrected chi connectivity index (χ4v) is 2.42. The first-order valence-electron chi connectivity index (χ1n) is 6.48. The monoisotopic (exact) mass is 320 g/mol. The van der Waals surface area contributed by atoms with Crippen LogP contribution < -0.4 is 0 Å². The summed E-state index contributed by atoms with van der Waals surface area (Å²) in [6, 6.07) is 7.78. The SMILES string of the molecule is Cc1nnc(SCc2ccc(Cl)cc2)nc1/C=C/N(C)C. The number of rotatable bonds is 5. The van der Waals surface area contributed by atoms with Gasteiger partial charge in [-0.15, -0.1) is 5.10 Å². The molecule has 0 fully saturated rings. The molecule has 6 heteroatoms. The molecule has 1 aromatic carbocycles. The van der Waals surface area contributed by atoms with Gasteiger partial charge in [-0.25, -0.2) is 4.98 Å². The Kier molecular flexibility index (Phi) is 5.59. The molecule has 0 radical (unpaired) electrons. The number of hydrogen-bond donors (Lipinski definition) is 0. The van der Waals surface area contributed by atoms with E-state index in [-0.39, 0.29) is 0 Å². The Morgan fingerprint density at radius 3 is 2.57 bits per heavy atom. The van der Waals surface area contributed by atoms with Gasteiger partial charge in [-0.05, 0) is 30.7 Å². The summed E-state index contributed by atoms with van der Waals surface area (Å²) in [5.41, 5.74) is 2.85. The zero-order valence-corrected chi connectivity index (χ0v) is 13.8. The van der Waals surface area contributed by atoms with Gasteiger partial charge in [-0.3, -0.25) is 0 Å². The van der Waals surface area contributed by atoms with Gasteiger partial charge < -0.3 is 4.90 Å². The molecule has 0 saturated heterocycles. The van der Waals surface area contributed by atoms with Crippen molar-refractivity contribution < 1.29 is 0 Å². The maximum atomic E-state index is 5.87. The van der Waals surface area contributed by atoms with Crippen LogP contribution >= 0.6 is 23.4 Å². The molecule has 2 aromatic rings. The van der Waals surface area contributed by atoms with Gasteiger partial charge in [0.2, 0.25) is 5.16 Å². The van der Waals surface area contributed by atoms with Gasteiger partial charge in [0.25, 0.3) is 0 Å². The summed E-state index contributed by atoms with van der Waals surface area (Å²) in [6.07, 6.45) is 3.89. The molecular formula is C15H17ClN4S. The highest BCUT2D eigenvalue weighted by atomic mass is 35.5. The van der Waals surface area contributed by atoms with Crippen LogP contribution in [-0.2, 0) is 5.75 Å². The summed E-state index contributed by atoms with van der Waals surface area (Å²) < 4.78 is 0. The summed E-state index contributed by atoms with van der Waals surface area (Å²) >= 11 is 7.44. The molecule has 21 heavy (non-hydrogen) atoms. The second kappa shape index (κ2) is 7.43. The van der Waals surface area contributed by atoms with Crippen molar-refractivity contribution in [2.45, 2.75) is 17.8 Å². The molecule has 2 rings (SSSR count). The van der Waals surface area contributed by atoms with Crippen molar-refractivity contribution in [2.75, 3.05) is 14.1 Å². The van der Waals surface area contributed by atoms with Crippen molar-refractivity contribution in [1.29, 1.82) is 0 Å². The Hall–Kier alpha value is -1.59. The van der Waals surface area contributed by atoms with Crippen LogP contribution in [-0.4, -0.2) is 34.2 Å². The minimum atomic E-state index is 0.675. The van der Waals surface area contributed by atoms with E-state index < -0.39 is 0 Å². The lowest BCUT2D eigenvalue weighted by Gasteiger charge is -2.05. The van der Waals surface area contributed by atoms with Crippen LogP contribution in [0.4, 0.5) is 0 Å². The van der Waals surface area contributed by atoms with Gasteiger partial charge in [0.15, 0.2) is 0 Å². The van der Waals surface area contributed by atoms with Crippen molar-refractivity contribution in [1.82, 2.24) is 20.1 Å². The highest BCUT2D eigenvalue weighted by molar-refractivity contribution is 7.98.